The Morgan fingerprint density at radius 1 is 1.43 bits per heavy atom. The van der Waals surface area contributed by atoms with Crippen molar-refractivity contribution in [2.75, 3.05) is 20.1 Å². The van der Waals surface area contributed by atoms with Crippen molar-refractivity contribution in [1.29, 1.82) is 0 Å². The summed E-state index contributed by atoms with van der Waals surface area (Å²) in [4.78, 5) is 2.34. The van der Waals surface area contributed by atoms with Crippen molar-refractivity contribution in [2.45, 2.75) is 19.3 Å². The van der Waals surface area contributed by atoms with Gasteiger partial charge in [0, 0.05) is 24.0 Å². The number of hydrogen-bond acceptors (Lipinski definition) is 1. The lowest BCUT2D eigenvalue weighted by atomic mass is 9.91. The van der Waals surface area contributed by atoms with E-state index in [0.717, 1.165) is 17.4 Å². The standard InChI is InChI=1S/C12H16ClN/c1-3-9-6-10(4-5-12(9)13)11-7-14(2)8-11/h4-6,11H,3,7-8H2,1-2H3. The fourth-order valence-electron chi connectivity index (χ4n) is 2.03. The number of benzene rings is 1. The Labute approximate surface area is 90.7 Å². The summed E-state index contributed by atoms with van der Waals surface area (Å²) in [6.07, 6.45) is 1.02. The maximum atomic E-state index is 6.08. The molecule has 1 aliphatic rings. The fourth-order valence-corrected chi connectivity index (χ4v) is 2.28. The molecule has 76 valence electrons. The van der Waals surface area contributed by atoms with Gasteiger partial charge in [0.25, 0.3) is 0 Å². The summed E-state index contributed by atoms with van der Waals surface area (Å²) in [5.41, 5.74) is 2.73. The Balaban J connectivity index is 2.19. The van der Waals surface area contributed by atoms with E-state index in [2.05, 4.69) is 31.0 Å². The van der Waals surface area contributed by atoms with E-state index in [4.69, 9.17) is 11.6 Å². The lowest BCUT2D eigenvalue weighted by Crippen LogP contribution is -2.41. The summed E-state index contributed by atoms with van der Waals surface area (Å²) in [6.45, 7) is 4.52. The Morgan fingerprint density at radius 2 is 2.14 bits per heavy atom. The highest BCUT2D eigenvalue weighted by atomic mass is 35.5. The van der Waals surface area contributed by atoms with Gasteiger partial charge < -0.3 is 4.90 Å². The van der Waals surface area contributed by atoms with Crippen molar-refractivity contribution in [3.63, 3.8) is 0 Å². The van der Waals surface area contributed by atoms with Gasteiger partial charge in [-0.1, -0.05) is 30.7 Å². The normalized spacial score (nSPS) is 18.2. The first-order chi connectivity index (χ1) is 6.70. The van der Waals surface area contributed by atoms with Crippen LogP contribution in [0.4, 0.5) is 0 Å². The molecule has 0 N–H and O–H groups in total. The van der Waals surface area contributed by atoms with Crippen LogP contribution >= 0.6 is 11.6 Å². The molecular formula is C12H16ClN. The lowest BCUT2D eigenvalue weighted by molar-refractivity contribution is 0.189. The molecule has 1 fully saturated rings. The predicted molar refractivity (Wildman–Crippen MR) is 61.1 cm³/mol. The Bertz CT molecular complexity index is 329. The minimum atomic E-state index is 0.725. The first-order valence-electron chi connectivity index (χ1n) is 5.17. The summed E-state index contributed by atoms with van der Waals surface area (Å²) in [5, 5.41) is 0.906. The van der Waals surface area contributed by atoms with Crippen LogP contribution in [0.3, 0.4) is 0 Å². The molecule has 0 radical (unpaired) electrons. The van der Waals surface area contributed by atoms with Gasteiger partial charge in [-0.2, -0.15) is 0 Å². The smallest absolute Gasteiger partial charge is 0.0438 e. The van der Waals surface area contributed by atoms with E-state index in [9.17, 15) is 0 Å². The molecule has 0 amide bonds. The zero-order valence-corrected chi connectivity index (χ0v) is 9.51. The third kappa shape index (κ3) is 1.79. The molecule has 1 aromatic carbocycles. The largest absolute Gasteiger partial charge is 0.305 e. The van der Waals surface area contributed by atoms with Gasteiger partial charge in [0.05, 0.1) is 0 Å². The molecule has 0 aromatic heterocycles. The van der Waals surface area contributed by atoms with Gasteiger partial charge in [-0.3, -0.25) is 0 Å². The van der Waals surface area contributed by atoms with Crippen LogP contribution < -0.4 is 0 Å². The van der Waals surface area contributed by atoms with Crippen molar-refractivity contribution >= 4 is 11.6 Å². The van der Waals surface area contributed by atoms with Crippen LogP contribution in [0.2, 0.25) is 5.02 Å². The molecular weight excluding hydrogens is 194 g/mol. The third-order valence-electron chi connectivity index (χ3n) is 2.99. The molecule has 14 heavy (non-hydrogen) atoms. The van der Waals surface area contributed by atoms with Crippen LogP contribution in [-0.4, -0.2) is 25.0 Å². The summed E-state index contributed by atoms with van der Waals surface area (Å²) < 4.78 is 0. The molecule has 2 rings (SSSR count). The molecule has 0 saturated carbocycles. The molecule has 0 aliphatic carbocycles. The number of aryl methyl sites for hydroxylation is 1. The minimum Gasteiger partial charge on any atom is -0.305 e. The van der Waals surface area contributed by atoms with Crippen LogP contribution in [0.1, 0.15) is 24.0 Å². The summed E-state index contributed by atoms with van der Waals surface area (Å²) in [7, 11) is 2.16. The van der Waals surface area contributed by atoms with Crippen LogP contribution in [0.5, 0.6) is 0 Å². The number of hydrogen-bond donors (Lipinski definition) is 0. The fraction of sp³-hybridized carbons (Fsp3) is 0.500. The lowest BCUT2D eigenvalue weighted by Gasteiger charge is -2.36. The highest BCUT2D eigenvalue weighted by molar-refractivity contribution is 6.31. The van der Waals surface area contributed by atoms with Crippen LogP contribution in [0, 0.1) is 0 Å². The number of rotatable bonds is 2. The van der Waals surface area contributed by atoms with Crippen LogP contribution in [0.15, 0.2) is 18.2 Å². The van der Waals surface area contributed by atoms with E-state index in [0.29, 0.717) is 0 Å². The third-order valence-corrected chi connectivity index (χ3v) is 3.35. The molecule has 0 unspecified atom stereocenters. The predicted octanol–water partition coefficient (Wildman–Crippen LogP) is 2.93. The quantitative estimate of drug-likeness (QED) is 0.724. The van der Waals surface area contributed by atoms with Gasteiger partial charge in [0.1, 0.15) is 0 Å². The first-order valence-corrected chi connectivity index (χ1v) is 5.55. The molecule has 0 atom stereocenters. The highest BCUT2D eigenvalue weighted by Gasteiger charge is 2.24. The van der Waals surface area contributed by atoms with E-state index in [1.807, 2.05) is 6.07 Å². The summed E-state index contributed by atoms with van der Waals surface area (Å²) >= 11 is 6.08. The minimum absolute atomic E-state index is 0.725. The highest BCUT2D eigenvalue weighted by Crippen LogP contribution is 2.28. The van der Waals surface area contributed by atoms with E-state index in [1.54, 1.807) is 0 Å². The second kappa shape index (κ2) is 3.92. The second-order valence-corrected chi connectivity index (χ2v) is 4.53. The molecule has 0 bridgehead atoms. The molecule has 1 heterocycles. The average molecular weight is 210 g/mol. The van der Waals surface area contributed by atoms with Crippen molar-refractivity contribution in [3.8, 4) is 0 Å². The van der Waals surface area contributed by atoms with Crippen molar-refractivity contribution < 1.29 is 0 Å². The van der Waals surface area contributed by atoms with Crippen molar-refractivity contribution in [2.24, 2.45) is 0 Å². The van der Waals surface area contributed by atoms with E-state index in [-0.39, 0.29) is 0 Å². The number of nitrogens with zero attached hydrogens (tertiary/aromatic N) is 1. The zero-order valence-electron chi connectivity index (χ0n) is 8.76. The molecule has 1 aromatic rings. The SMILES string of the molecule is CCc1cc(C2CN(C)C2)ccc1Cl. The number of likely N-dealkylation sites (N-methyl/N-ethyl adjacent to an activating group) is 1. The molecule has 1 nitrogen and oxygen atoms in total. The van der Waals surface area contributed by atoms with Gasteiger partial charge in [0.15, 0.2) is 0 Å². The van der Waals surface area contributed by atoms with Gasteiger partial charge >= 0.3 is 0 Å². The van der Waals surface area contributed by atoms with Gasteiger partial charge in [0.2, 0.25) is 0 Å². The van der Waals surface area contributed by atoms with Crippen molar-refractivity contribution in [1.82, 2.24) is 4.90 Å². The molecule has 1 aliphatic heterocycles. The molecule has 2 heteroatoms. The summed E-state index contributed by atoms with van der Waals surface area (Å²) in [5.74, 6) is 0.725. The Hall–Kier alpha value is -0.530. The van der Waals surface area contributed by atoms with Gasteiger partial charge in [-0.15, -0.1) is 0 Å². The van der Waals surface area contributed by atoms with Crippen LogP contribution in [-0.2, 0) is 6.42 Å². The monoisotopic (exact) mass is 209 g/mol. The second-order valence-electron chi connectivity index (χ2n) is 4.12. The van der Waals surface area contributed by atoms with Gasteiger partial charge in [-0.25, -0.2) is 0 Å². The van der Waals surface area contributed by atoms with E-state index >= 15 is 0 Å². The maximum Gasteiger partial charge on any atom is 0.0438 e. The van der Waals surface area contributed by atoms with E-state index < -0.39 is 0 Å². The van der Waals surface area contributed by atoms with Crippen LogP contribution in [0.25, 0.3) is 0 Å². The van der Waals surface area contributed by atoms with Gasteiger partial charge in [-0.05, 0) is 30.7 Å². The Kier molecular flexibility index (Phi) is 2.80. The zero-order chi connectivity index (χ0) is 10.1. The number of halogens is 1. The maximum absolute atomic E-state index is 6.08. The molecule has 1 saturated heterocycles. The topological polar surface area (TPSA) is 3.24 Å². The van der Waals surface area contributed by atoms with E-state index in [1.165, 1.54) is 24.2 Å². The number of likely N-dealkylation sites (tertiary alicyclic amines) is 1. The first kappa shape index (κ1) is 10.0. The summed E-state index contributed by atoms with van der Waals surface area (Å²) in [6, 6.07) is 6.47. The molecule has 0 spiro atoms. The average Bonchev–Trinajstić information content (AvgIpc) is 2.14. The Morgan fingerprint density at radius 3 is 2.71 bits per heavy atom. The van der Waals surface area contributed by atoms with Crippen molar-refractivity contribution in [3.05, 3.63) is 34.3 Å².